The highest BCUT2D eigenvalue weighted by atomic mass is 35.5. The molecule has 0 saturated heterocycles. The van der Waals surface area contributed by atoms with Crippen molar-refractivity contribution >= 4 is 34.8 Å². The number of amides is 1. The van der Waals surface area contributed by atoms with E-state index in [-0.39, 0.29) is 5.91 Å². The van der Waals surface area contributed by atoms with Gasteiger partial charge in [0, 0.05) is 5.02 Å². The number of carbonyl (C=O) groups is 1. The number of anilines is 1. The van der Waals surface area contributed by atoms with E-state index in [9.17, 15) is 4.79 Å². The summed E-state index contributed by atoms with van der Waals surface area (Å²) < 4.78 is 5.68. The summed E-state index contributed by atoms with van der Waals surface area (Å²) in [6, 6.07) is 14.0. The van der Waals surface area contributed by atoms with Gasteiger partial charge in [-0.2, -0.15) is 0 Å². The molecule has 0 aliphatic carbocycles. The van der Waals surface area contributed by atoms with Gasteiger partial charge in [-0.15, -0.1) is 0 Å². The summed E-state index contributed by atoms with van der Waals surface area (Å²) in [5, 5.41) is 3.82. The average molecular weight is 324 g/mol. The van der Waals surface area contributed by atoms with Crippen LogP contribution in [0.1, 0.15) is 13.3 Å². The Morgan fingerprint density at radius 3 is 2.62 bits per heavy atom. The summed E-state index contributed by atoms with van der Waals surface area (Å²) in [6.07, 6.45) is -0.0808. The van der Waals surface area contributed by atoms with Crippen LogP contribution < -0.4 is 10.1 Å². The van der Waals surface area contributed by atoms with Gasteiger partial charge >= 0.3 is 0 Å². The van der Waals surface area contributed by atoms with Gasteiger partial charge < -0.3 is 10.1 Å². The molecule has 2 aromatic carbocycles. The largest absolute Gasteiger partial charge is 0.481 e. The second kappa shape index (κ2) is 7.34. The van der Waals surface area contributed by atoms with Crippen molar-refractivity contribution in [3.8, 4) is 5.75 Å². The molecule has 0 bridgehead atoms. The van der Waals surface area contributed by atoms with E-state index >= 15 is 0 Å². The molecule has 0 aromatic heterocycles. The smallest absolute Gasteiger partial charge is 0.265 e. The Hall–Kier alpha value is -1.71. The number of nitrogens with one attached hydrogen (secondary N) is 1. The first kappa shape index (κ1) is 15.7. The van der Waals surface area contributed by atoms with Crippen LogP contribution in [0.3, 0.4) is 0 Å². The minimum atomic E-state index is -0.611. The van der Waals surface area contributed by atoms with E-state index in [1.54, 1.807) is 48.5 Å². The molecule has 1 atom stereocenters. The Bertz CT molecular complexity index is 631. The Kier molecular flexibility index (Phi) is 5.48. The van der Waals surface area contributed by atoms with Crippen LogP contribution in [0.15, 0.2) is 48.5 Å². The van der Waals surface area contributed by atoms with E-state index in [1.807, 2.05) is 6.92 Å². The summed E-state index contributed by atoms with van der Waals surface area (Å²) >= 11 is 11.9. The molecule has 5 heteroatoms. The van der Waals surface area contributed by atoms with Gasteiger partial charge in [-0.05, 0) is 36.8 Å². The number of para-hydroxylation sites is 1. The molecule has 2 aromatic rings. The predicted molar refractivity (Wildman–Crippen MR) is 86.2 cm³/mol. The van der Waals surface area contributed by atoms with Gasteiger partial charge in [0.15, 0.2) is 6.10 Å². The number of rotatable bonds is 5. The quantitative estimate of drug-likeness (QED) is 0.859. The highest BCUT2D eigenvalue weighted by molar-refractivity contribution is 6.33. The maximum atomic E-state index is 12.3. The summed E-state index contributed by atoms with van der Waals surface area (Å²) in [5.74, 6) is 0.314. The highest BCUT2D eigenvalue weighted by Crippen LogP contribution is 2.22. The van der Waals surface area contributed by atoms with Crippen molar-refractivity contribution in [1.82, 2.24) is 0 Å². The van der Waals surface area contributed by atoms with Gasteiger partial charge in [0.1, 0.15) is 5.75 Å². The summed E-state index contributed by atoms with van der Waals surface area (Å²) in [7, 11) is 0. The standard InChI is InChI=1S/C16H15Cl2NO2/c1-2-15(21-12-7-5-6-11(17)10-12)16(20)19-14-9-4-3-8-13(14)18/h3-10,15H,2H2,1H3,(H,19,20)/t15-/m1/s1. The molecule has 3 nitrogen and oxygen atoms in total. The zero-order valence-electron chi connectivity index (χ0n) is 11.5. The zero-order chi connectivity index (χ0) is 15.2. The van der Waals surface area contributed by atoms with Gasteiger partial charge in [0.05, 0.1) is 10.7 Å². The molecule has 110 valence electrons. The molecular weight excluding hydrogens is 309 g/mol. The van der Waals surface area contributed by atoms with Gasteiger partial charge in [-0.1, -0.05) is 48.3 Å². The van der Waals surface area contributed by atoms with Crippen LogP contribution in [-0.2, 0) is 4.79 Å². The lowest BCUT2D eigenvalue weighted by molar-refractivity contribution is -0.122. The van der Waals surface area contributed by atoms with Gasteiger partial charge in [-0.3, -0.25) is 4.79 Å². The summed E-state index contributed by atoms with van der Waals surface area (Å²) in [6.45, 7) is 1.88. The van der Waals surface area contributed by atoms with Crippen LogP contribution >= 0.6 is 23.2 Å². The molecule has 0 heterocycles. The minimum absolute atomic E-state index is 0.245. The molecule has 0 aliphatic heterocycles. The highest BCUT2D eigenvalue weighted by Gasteiger charge is 2.19. The number of hydrogen-bond acceptors (Lipinski definition) is 2. The second-order valence-corrected chi connectivity index (χ2v) is 5.28. The molecular formula is C16H15Cl2NO2. The number of benzene rings is 2. The van der Waals surface area contributed by atoms with E-state index in [0.717, 1.165) is 0 Å². The van der Waals surface area contributed by atoms with Crippen LogP contribution in [0.5, 0.6) is 5.75 Å². The van der Waals surface area contributed by atoms with E-state index in [0.29, 0.717) is 27.9 Å². The van der Waals surface area contributed by atoms with Crippen molar-refractivity contribution in [2.24, 2.45) is 0 Å². The fraction of sp³-hybridized carbons (Fsp3) is 0.188. The van der Waals surface area contributed by atoms with Crippen molar-refractivity contribution in [2.75, 3.05) is 5.32 Å². The Balaban J connectivity index is 2.07. The fourth-order valence-corrected chi connectivity index (χ4v) is 2.17. The average Bonchev–Trinajstić information content (AvgIpc) is 2.47. The van der Waals surface area contributed by atoms with Crippen LogP contribution in [0, 0.1) is 0 Å². The molecule has 1 N–H and O–H groups in total. The monoisotopic (exact) mass is 323 g/mol. The molecule has 21 heavy (non-hydrogen) atoms. The molecule has 0 fully saturated rings. The molecule has 1 amide bonds. The molecule has 2 rings (SSSR count). The molecule has 0 aliphatic rings. The first-order chi connectivity index (χ1) is 10.1. The normalized spacial score (nSPS) is 11.8. The molecule has 0 spiro atoms. The van der Waals surface area contributed by atoms with E-state index in [1.165, 1.54) is 0 Å². The van der Waals surface area contributed by atoms with E-state index in [4.69, 9.17) is 27.9 Å². The Morgan fingerprint density at radius 2 is 1.95 bits per heavy atom. The first-order valence-corrected chi connectivity index (χ1v) is 7.33. The predicted octanol–water partition coefficient (Wildman–Crippen LogP) is 4.79. The minimum Gasteiger partial charge on any atom is -0.481 e. The Labute approximate surface area is 133 Å². The first-order valence-electron chi connectivity index (χ1n) is 6.57. The van der Waals surface area contributed by atoms with Crippen molar-refractivity contribution < 1.29 is 9.53 Å². The lowest BCUT2D eigenvalue weighted by atomic mass is 10.2. The van der Waals surface area contributed by atoms with Gasteiger partial charge in [0.25, 0.3) is 5.91 Å². The van der Waals surface area contributed by atoms with Crippen LogP contribution in [-0.4, -0.2) is 12.0 Å². The van der Waals surface area contributed by atoms with Crippen LogP contribution in [0.25, 0.3) is 0 Å². The number of carbonyl (C=O) groups excluding carboxylic acids is 1. The summed E-state index contributed by atoms with van der Waals surface area (Å²) in [5.41, 5.74) is 0.567. The van der Waals surface area contributed by atoms with Gasteiger partial charge in [-0.25, -0.2) is 0 Å². The third-order valence-electron chi connectivity index (χ3n) is 2.87. The van der Waals surface area contributed by atoms with Gasteiger partial charge in [0.2, 0.25) is 0 Å². The third kappa shape index (κ3) is 4.38. The number of hydrogen-bond donors (Lipinski definition) is 1. The second-order valence-electron chi connectivity index (χ2n) is 4.44. The maximum Gasteiger partial charge on any atom is 0.265 e. The lowest BCUT2D eigenvalue weighted by Gasteiger charge is -2.17. The van der Waals surface area contributed by atoms with E-state index in [2.05, 4.69) is 5.32 Å². The van der Waals surface area contributed by atoms with Crippen molar-refractivity contribution in [1.29, 1.82) is 0 Å². The van der Waals surface area contributed by atoms with Crippen LogP contribution in [0.2, 0.25) is 10.0 Å². The number of ether oxygens (including phenoxy) is 1. The van der Waals surface area contributed by atoms with Crippen molar-refractivity contribution in [3.05, 3.63) is 58.6 Å². The Morgan fingerprint density at radius 1 is 1.19 bits per heavy atom. The van der Waals surface area contributed by atoms with Crippen molar-refractivity contribution in [3.63, 3.8) is 0 Å². The van der Waals surface area contributed by atoms with E-state index < -0.39 is 6.10 Å². The fourth-order valence-electron chi connectivity index (χ4n) is 1.80. The maximum absolute atomic E-state index is 12.3. The molecule has 0 unspecified atom stereocenters. The zero-order valence-corrected chi connectivity index (χ0v) is 13.0. The SMILES string of the molecule is CC[C@@H](Oc1cccc(Cl)c1)C(=O)Nc1ccccc1Cl. The topological polar surface area (TPSA) is 38.3 Å². The van der Waals surface area contributed by atoms with Crippen molar-refractivity contribution in [2.45, 2.75) is 19.4 Å². The number of halogens is 2. The van der Waals surface area contributed by atoms with Crippen LogP contribution in [0.4, 0.5) is 5.69 Å². The lowest BCUT2D eigenvalue weighted by Crippen LogP contribution is -2.32. The third-order valence-corrected chi connectivity index (χ3v) is 3.43. The molecule has 0 saturated carbocycles. The summed E-state index contributed by atoms with van der Waals surface area (Å²) in [4.78, 5) is 12.3. The molecule has 0 radical (unpaired) electrons.